The van der Waals surface area contributed by atoms with Gasteiger partial charge in [0.2, 0.25) is 0 Å². The minimum absolute atomic E-state index is 0.147. The Morgan fingerprint density at radius 3 is 2.90 bits per heavy atom. The van der Waals surface area contributed by atoms with E-state index in [1.165, 1.54) is 18.4 Å². The molecule has 0 aromatic carbocycles. The lowest BCUT2D eigenvalue weighted by Crippen LogP contribution is -2.35. The van der Waals surface area contributed by atoms with Gasteiger partial charge in [0.1, 0.15) is 0 Å². The maximum absolute atomic E-state index is 5.66. The highest BCUT2D eigenvalue weighted by Gasteiger charge is 2.15. The van der Waals surface area contributed by atoms with Crippen LogP contribution in [-0.2, 0) is 17.8 Å². The van der Waals surface area contributed by atoms with Crippen molar-refractivity contribution in [2.75, 3.05) is 6.61 Å². The largest absolute Gasteiger partial charge is 0.378 e. The molecule has 1 atom stereocenters. The third kappa shape index (κ3) is 4.91. The van der Waals surface area contributed by atoms with E-state index in [0.717, 1.165) is 38.2 Å². The first-order valence-electron chi connectivity index (χ1n) is 7.83. The van der Waals surface area contributed by atoms with Gasteiger partial charge < -0.3 is 10.1 Å². The zero-order chi connectivity index (χ0) is 14.6. The molecule has 0 saturated carbocycles. The Hall–Kier alpha value is -0.870. The number of rotatable bonds is 6. The van der Waals surface area contributed by atoms with Gasteiger partial charge in [0, 0.05) is 37.0 Å². The van der Waals surface area contributed by atoms with E-state index in [1.54, 1.807) is 0 Å². The molecule has 20 heavy (non-hydrogen) atoms. The Bertz CT molecular complexity index is 414. The van der Waals surface area contributed by atoms with Crippen molar-refractivity contribution in [2.24, 2.45) is 0 Å². The van der Waals surface area contributed by atoms with Crippen molar-refractivity contribution in [1.29, 1.82) is 0 Å². The molecule has 1 N–H and O–H groups in total. The molecule has 1 fully saturated rings. The summed E-state index contributed by atoms with van der Waals surface area (Å²) in [5.41, 5.74) is 2.59. The number of ether oxygens (including phenoxy) is 1. The van der Waals surface area contributed by atoms with Crippen molar-refractivity contribution in [3.63, 3.8) is 0 Å². The first-order chi connectivity index (χ1) is 9.44. The number of hydrogen-bond donors (Lipinski definition) is 1. The third-order valence-electron chi connectivity index (χ3n) is 3.79. The molecule has 4 nitrogen and oxygen atoms in total. The minimum atomic E-state index is 0.147. The Morgan fingerprint density at radius 1 is 1.45 bits per heavy atom. The summed E-state index contributed by atoms with van der Waals surface area (Å²) < 4.78 is 7.74. The molecular weight excluding hydrogens is 250 g/mol. The van der Waals surface area contributed by atoms with Gasteiger partial charge in [-0.05, 0) is 53.4 Å². The zero-order valence-electron chi connectivity index (χ0n) is 13.4. The molecule has 0 radical (unpaired) electrons. The number of aromatic nitrogens is 2. The predicted octanol–water partition coefficient (Wildman–Crippen LogP) is 3.04. The average molecular weight is 279 g/mol. The Kier molecular flexibility index (Phi) is 5.22. The van der Waals surface area contributed by atoms with Crippen LogP contribution < -0.4 is 5.32 Å². The molecule has 0 aliphatic carbocycles. The monoisotopic (exact) mass is 279 g/mol. The van der Waals surface area contributed by atoms with Crippen LogP contribution in [0.1, 0.15) is 57.7 Å². The molecule has 2 rings (SSSR count). The van der Waals surface area contributed by atoms with Gasteiger partial charge in [0.25, 0.3) is 0 Å². The van der Waals surface area contributed by atoms with E-state index in [9.17, 15) is 0 Å². The predicted molar refractivity (Wildman–Crippen MR) is 81.8 cm³/mol. The zero-order valence-corrected chi connectivity index (χ0v) is 13.4. The van der Waals surface area contributed by atoms with Gasteiger partial charge in [0.05, 0.1) is 11.8 Å². The standard InChI is InChI=1S/C16H29N3O/c1-13-14(11-17-16(2,3)4)12-19(18-13)9-5-7-15-8-6-10-20-15/h12,15,17H,5-11H2,1-4H3. The summed E-state index contributed by atoms with van der Waals surface area (Å²) in [5, 5.41) is 8.13. The van der Waals surface area contributed by atoms with E-state index >= 15 is 0 Å². The van der Waals surface area contributed by atoms with E-state index in [1.807, 2.05) is 0 Å². The lowest BCUT2D eigenvalue weighted by Gasteiger charge is -2.20. The van der Waals surface area contributed by atoms with Gasteiger partial charge in [-0.15, -0.1) is 0 Å². The maximum Gasteiger partial charge on any atom is 0.0638 e. The number of nitrogens with one attached hydrogen (secondary N) is 1. The van der Waals surface area contributed by atoms with Gasteiger partial charge >= 0.3 is 0 Å². The van der Waals surface area contributed by atoms with E-state index < -0.39 is 0 Å². The van der Waals surface area contributed by atoms with E-state index in [4.69, 9.17) is 4.74 Å². The van der Waals surface area contributed by atoms with Crippen molar-refractivity contribution in [1.82, 2.24) is 15.1 Å². The highest BCUT2D eigenvalue weighted by Crippen LogP contribution is 2.17. The number of nitrogens with zero attached hydrogens (tertiary/aromatic N) is 2. The summed E-state index contributed by atoms with van der Waals surface area (Å²) in [5.74, 6) is 0. The fraction of sp³-hybridized carbons (Fsp3) is 0.812. The Labute approximate surface area is 122 Å². The second-order valence-electron chi connectivity index (χ2n) is 6.88. The molecule has 0 spiro atoms. The molecule has 1 aromatic rings. The topological polar surface area (TPSA) is 39.1 Å². The molecule has 2 heterocycles. The molecule has 1 aliphatic heterocycles. The van der Waals surface area contributed by atoms with Crippen LogP contribution in [0.15, 0.2) is 6.20 Å². The maximum atomic E-state index is 5.66. The van der Waals surface area contributed by atoms with Crippen molar-refractivity contribution in [3.05, 3.63) is 17.5 Å². The lowest BCUT2D eigenvalue weighted by molar-refractivity contribution is 0.101. The Morgan fingerprint density at radius 2 is 2.25 bits per heavy atom. The molecule has 0 bridgehead atoms. The van der Waals surface area contributed by atoms with Crippen LogP contribution in [-0.4, -0.2) is 28.0 Å². The van der Waals surface area contributed by atoms with Crippen LogP contribution in [0.4, 0.5) is 0 Å². The third-order valence-corrected chi connectivity index (χ3v) is 3.79. The van der Waals surface area contributed by atoms with Crippen LogP contribution in [0.3, 0.4) is 0 Å². The SMILES string of the molecule is Cc1nn(CCCC2CCCO2)cc1CNC(C)(C)C. The highest BCUT2D eigenvalue weighted by molar-refractivity contribution is 5.15. The summed E-state index contributed by atoms with van der Waals surface area (Å²) in [4.78, 5) is 0. The second-order valence-corrected chi connectivity index (χ2v) is 6.88. The van der Waals surface area contributed by atoms with Gasteiger partial charge in [-0.1, -0.05) is 0 Å². The highest BCUT2D eigenvalue weighted by atomic mass is 16.5. The van der Waals surface area contributed by atoms with Gasteiger partial charge in [-0.2, -0.15) is 5.10 Å². The molecule has 114 valence electrons. The summed E-state index contributed by atoms with van der Waals surface area (Å²) in [6.45, 7) is 11.5. The van der Waals surface area contributed by atoms with Crippen molar-refractivity contribution in [3.8, 4) is 0 Å². The molecule has 4 heteroatoms. The van der Waals surface area contributed by atoms with E-state index in [0.29, 0.717) is 6.10 Å². The fourth-order valence-electron chi connectivity index (χ4n) is 2.56. The summed E-state index contributed by atoms with van der Waals surface area (Å²) in [7, 11) is 0. The molecule has 1 aromatic heterocycles. The van der Waals surface area contributed by atoms with Gasteiger partial charge in [-0.25, -0.2) is 0 Å². The molecule has 1 unspecified atom stereocenters. The van der Waals surface area contributed by atoms with E-state index in [2.05, 4.69) is 49.0 Å². The molecule has 0 amide bonds. The number of hydrogen-bond acceptors (Lipinski definition) is 3. The lowest BCUT2D eigenvalue weighted by atomic mass is 10.1. The fourth-order valence-corrected chi connectivity index (χ4v) is 2.56. The molecule has 1 saturated heterocycles. The minimum Gasteiger partial charge on any atom is -0.378 e. The van der Waals surface area contributed by atoms with Crippen LogP contribution >= 0.6 is 0 Å². The van der Waals surface area contributed by atoms with Gasteiger partial charge in [0.15, 0.2) is 0 Å². The average Bonchev–Trinajstić information content (AvgIpc) is 2.96. The van der Waals surface area contributed by atoms with Crippen LogP contribution in [0.25, 0.3) is 0 Å². The van der Waals surface area contributed by atoms with Crippen molar-refractivity contribution >= 4 is 0 Å². The van der Waals surface area contributed by atoms with Gasteiger partial charge in [-0.3, -0.25) is 4.68 Å². The first kappa shape index (κ1) is 15.5. The summed E-state index contributed by atoms with van der Waals surface area (Å²) >= 11 is 0. The van der Waals surface area contributed by atoms with E-state index in [-0.39, 0.29) is 5.54 Å². The van der Waals surface area contributed by atoms with Crippen LogP contribution in [0, 0.1) is 6.92 Å². The Balaban J connectivity index is 1.77. The normalized spacial score (nSPS) is 19.7. The second kappa shape index (κ2) is 6.72. The van der Waals surface area contributed by atoms with Crippen molar-refractivity contribution < 1.29 is 4.74 Å². The summed E-state index contributed by atoms with van der Waals surface area (Å²) in [6.07, 6.45) is 7.46. The van der Waals surface area contributed by atoms with Crippen LogP contribution in [0.5, 0.6) is 0 Å². The first-order valence-corrected chi connectivity index (χ1v) is 7.83. The summed E-state index contributed by atoms with van der Waals surface area (Å²) in [6, 6.07) is 0. The quantitative estimate of drug-likeness (QED) is 0.870. The van der Waals surface area contributed by atoms with Crippen LogP contribution in [0.2, 0.25) is 0 Å². The molecule has 1 aliphatic rings. The molecular formula is C16H29N3O. The number of aryl methyl sites for hydroxylation is 2. The smallest absolute Gasteiger partial charge is 0.0638 e. The van der Waals surface area contributed by atoms with Crippen molar-refractivity contribution in [2.45, 2.75) is 78.1 Å².